The number of piperidine rings is 1. The van der Waals surface area contributed by atoms with Crippen molar-refractivity contribution in [2.45, 2.75) is 40.0 Å². The van der Waals surface area contributed by atoms with Gasteiger partial charge in [0.15, 0.2) is 0 Å². The highest BCUT2D eigenvalue weighted by Gasteiger charge is 2.35. The van der Waals surface area contributed by atoms with E-state index < -0.39 is 0 Å². The number of anilines is 1. The van der Waals surface area contributed by atoms with Crippen LogP contribution in [0.3, 0.4) is 0 Å². The van der Waals surface area contributed by atoms with Gasteiger partial charge >= 0.3 is 5.97 Å². The molecular formula is C21H28N2O4. The van der Waals surface area contributed by atoms with E-state index in [1.165, 1.54) is 7.11 Å². The van der Waals surface area contributed by atoms with Crippen LogP contribution in [0.25, 0.3) is 0 Å². The molecule has 0 aliphatic carbocycles. The molecule has 146 valence electrons. The summed E-state index contributed by atoms with van der Waals surface area (Å²) >= 11 is 0. The Labute approximate surface area is 160 Å². The molecular weight excluding hydrogens is 344 g/mol. The molecule has 2 aliphatic rings. The third kappa shape index (κ3) is 3.84. The molecule has 1 aromatic carbocycles. The van der Waals surface area contributed by atoms with Crippen LogP contribution < -0.4 is 4.90 Å². The summed E-state index contributed by atoms with van der Waals surface area (Å²) in [7, 11) is 1.36. The van der Waals surface area contributed by atoms with Gasteiger partial charge in [-0.05, 0) is 43.0 Å². The number of methoxy groups -OCH3 is 1. The van der Waals surface area contributed by atoms with Gasteiger partial charge in [0.25, 0.3) is 0 Å². The molecule has 27 heavy (non-hydrogen) atoms. The zero-order chi connectivity index (χ0) is 19.8. The second-order valence-corrected chi connectivity index (χ2v) is 8.39. The van der Waals surface area contributed by atoms with Gasteiger partial charge in [-0.2, -0.15) is 0 Å². The standard InChI is InChI=1S/C21H28N2O4/c1-21(2,3)20(26)22-10-7-14(8-11-22)18(24)23-12-9-15-13-16(19(25)27-4)5-6-17(15)23/h5-6,13-14H,7-12H2,1-4H3. The Morgan fingerprint density at radius 3 is 2.33 bits per heavy atom. The molecule has 1 aromatic rings. The van der Waals surface area contributed by atoms with Gasteiger partial charge in [-0.15, -0.1) is 0 Å². The number of likely N-dealkylation sites (tertiary alicyclic amines) is 1. The fourth-order valence-electron chi connectivity index (χ4n) is 3.90. The van der Waals surface area contributed by atoms with E-state index in [9.17, 15) is 14.4 Å². The van der Waals surface area contributed by atoms with E-state index in [0.717, 1.165) is 17.7 Å². The van der Waals surface area contributed by atoms with Gasteiger partial charge in [0.2, 0.25) is 11.8 Å². The van der Waals surface area contributed by atoms with Gasteiger partial charge in [-0.1, -0.05) is 20.8 Å². The lowest BCUT2D eigenvalue weighted by molar-refractivity contribution is -0.142. The largest absolute Gasteiger partial charge is 0.465 e. The minimum Gasteiger partial charge on any atom is -0.465 e. The zero-order valence-electron chi connectivity index (χ0n) is 16.6. The third-order valence-corrected chi connectivity index (χ3v) is 5.44. The molecule has 0 bridgehead atoms. The number of fused-ring (bicyclic) bond motifs is 1. The number of nitrogens with zero attached hydrogens (tertiary/aromatic N) is 2. The van der Waals surface area contributed by atoms with Crippen LogP contribution in [0, 0.1) is 11.3 Å². The lowest BCUT2D eigenvalue weighted by atomic mass is 9.90. The molecule has 1 saturated heterocycles. The number of benzene rings is 1. The van der Waals surface area contributed by atoms with Gasteiger partial charge in [0, 0.05) is 36.7 Å². The number of esters is 1. The molecule has 0 unspecified atom stereocenters. The maximum Gasteiger partial charge on any atom is 0.337 e. The Hall–Kier alpha value is -2.37. The summed E-state index contributed by atoms with van der Waals surface area (Å²) in [5.41, 5.74) is 2.02. The number of carbonyl (C=O) groups excluding carboxylic acids is 3. The van der Waals surface area contributed by atoms with Crippen LogP contribution in [0.2, 0.25) is 0 Å². The van der Waals surface area contributed by atoms with Gasteiger partial charge in [-0.25, -0.2) is 4.79 Å². The first-order chi connectivity index (χ1) is 12.7. The molecule has 3 rings (SSSR count). The minimum absolute atomic E-state index is 0.0553. The summed E-state index contributed by atoms with van der Waals surface area (Å²) in [6, 6.07) is 5.37. The third-order valence-electron chi connectivity index (χ3n) is 5.44. The predicted molar refractivity (Wildman–Crippen MR) is 103 cm³/mol. The maximum atomic E-state index is 13.0. The van der Waals surface area contributed by atoms with Crippen molar-refractivity contribution in [2.24, 2.45) is 11.3 Å². The van der Waals surface area contributed by atoms with E-state index >= 15 is 0 Å². The van der Waals surface area contributed by atoms with Crippen LogP contribution >= 0.6 is 0 Å². The van der Waals surface area contributed by atoms with Crippen molar-refractivity contribution in [3.05, 3.63) is 29.3 Å². The van der Waals surface area contributed by atoms with E-state index in [2.05, 4.69) is 0 Å². The van der Waals surface area contributed by atoms with Gasteiger partial charge in [-0.3, -0.25) is 9.59 Å². The number of rotatable bonds is 2. The van der Waals surface area contributed by atoms with E-state index in [1.807, 2.05) is 42.7 Å². The topological polar surface area (TPSA) is 66.9 Å². The first kappa shape index (κ1) is 19.4. The van der Waals surface area contributed by atoms with Crippen LogP contribution in [0.1, 0.15) is 49.5 Å². The Morgan fingerprint density at radius 1 is 1.07 bits per heavy atom. The lowest BCUT2D eigenvalue weighted by Crippen LogP contribution is -2.47. The molecule has 2 aliphatic heterocycles. The SMILES string of the molecule is COC(=O)c1ccc2c(c1)CCN2C(=O)C1CCN(C(=O)C(C)(C)C)CC1. The van der Waals surface area contributed by atoms with E-state index in [1.54, 1.807) is 6.07 Å². The molecule has 0 saturated carbocycles. The molecule has 6 heteroatoms. The summed E-state index contributed by atoms with van der Waals surface area (Å²) < 4.78 is 4.77. The van der Waals surface area contributed by atoms with Crippen molar-refractivity contribution in [3.8, 4) is 0 Å². The summed E-state index contributed by atoms with van der Waals surface area (Å²) in [4.78, 5) is 40.9. The minimum atomic E-state index is -0.387. The lowest BCUT2D eigenvalue weighted by Gasteiger charge is -2.36. The van der Waals surface area contributed by atoms with Crippen LogP contribution in [0.4, 0.5) is 5.69 Å². The Bertz CT molecular complexity index is 758. The first-order valence-electron chi connectivity index (χ1n) is 9.54. The average molecular weight is 372 g/mol. The van der Waals surface area contributed by atoms with E-state index in [0.29, 0.717) is 38.0 Å². The molecule has 1 fully saturated rings. The summed E-state index contributed by atoms with van der Waals surface area (Å²) in [5, 5.41) is 0. The number of hydrogen-bond acceptors (Lipinski definition) is 4. The van der Waals surface area contributed by atoms with E-state index in [4.69, 9.17) is 4.74 Å². The molecule has 2 heterocycles. The predicted octanol–water partition coefficient (Wildman–Crippen LogP) is 2.65. The van der Waals surface area contributed by atoms with Gasteiger partial charge in [0.1, 0.15) is 0 Å². The summed E-state index contributed by atoms with van der Waals surface area (Å²) in [6.45, 7) is 7.69. The molecule has 6 nitrogen and oxygen atoms in total. The van der Waals surface area contributed by atoms with Crippen molar-refractivity contribution in [1.29, 1.82) is 0 Å². The maximum absolute atomic E-state index is 13.0. The number of ether oxygens (including phenoxy) is 1. The second kappa shape index (κ2) is 7.33. The normalized spacial score (nSPS) is 17.6. The smallest absolute Gasteiger partial charge is 0.337 e. The van der Waals surface area contributed by atoms with Crippen molar-refractivity contribution in [3.63, 3.8) is 0 Å². The zero-order valence-corrected chi connectivity index (χ0v) is 16.6. The highest BCUT2D eigenvalue weighted by Crippen LogP contribution is 2.32. The second-order valence-electron chi connectivity index (χ2n) is 8.39. The molecule has 0 radical (unpaired) electrons. The van der Waals surface area contributed by atoms with Crippen LogP contribution in [-0.4, -0.2) is 49.4 Å². The van der Waals surface area contributed by atoms with Crippen molar-refractivity contribution in [1.82, 2.24) is 4.90 Å². The highest BCUT2D eigenvalue weighted by atomic mass is 16.5. The van der Waals surface area contributed by atoms with Gasteiger partial charge in [0.05, 0.1) is 12.7 Å². The fourth-order valence-corrected chi connectivity index (χ4v) is 3.90. The number of amides is 2. The van der Waals surface area contributed by atoms with Crippen molar-refractivity contribution in [2.75, 3.05) is 31.6 Å². The molecule has 0 N–H and O–H groups in total. The Kier molecular flexibility index (Phi) is 5.27. The molecule has 0 aromatic heterocycles. The Balaban J connectivity index is 1.66. The van der Waals surface area contributed by atoms with Crippen molar-refractivity contribution < 1.29 is 19.1 Å². The van der Waals surface area contributed by atoms with Crippen LogP contribution in [0.5, 0.6) is 0 Å². The fraction of sp³-hybridized carbons (Fsp3) is 0.571. The van der Waals surface area contributed by atoms with Crippen LogP contribution in [0.15, 0.2) is 18.2 Å². The molecule has 2 amide bonds. The first-order valence-corrected chi connectivity index (χ1v) is 9.54. The molecule has 0 atom stereocenters. The highest BCUT2D eigenvalue weighted by molar-refractivity contribution is 5.98. The van der Waals surface area contributed by atoms with Crippen LogP contribution in [-0.2, 0) is 20.7 Å². The monoisotopic (exact) mass is 372 g/mol. The van der Waals surface area contributed by atoms with Crippen molar-refractivity contribution >= 4 is 23.5 Å². The summed E-state index contributed by atoms with van der Waals surface area (Å²) in [5.74, 6) is -0.142. The Morgan fingerprint density at radius 2 is 1.74 bits per heavy atom. The number of carbonyl (C=O) groups is 3. The van der Waals surface area contributed by atoms with E-state index in [-0.39, 0.29) is 29.1 Å². The summed E-state index contributed by atoms with van der Waals surface area (Å²) in [6.07, 6.45) is 2.15. The van der Waals surface area contributed by atoms with Gasteiger partial charge < -0.3 is 14.5 Å². The average Bonchev–Trinajstić information content (AvgIpc) is 3.08. The quantitative estimate of drug-likeness (QED) is 0.749. The number of hydrogen-bond donors (Lipinski definition) is 0. The molecule has 0 spiro atoms.